The lowest BCUT2D eigenvalue weighted by Gasteiger charge is -2.25. The van der Waals surface area contributed by atoms with Crippen LogP contribution in [0, 0.1) is 11.7 Å². The molecule has 4 heteroatoms. The van der Waals surface area contributed by atoms with Crippen molar-refractivity contribution in [1.82, 2.24) is 4.90 Å². The minimum absolute atomic E-state index is 0.125. The number of rotatable bonds is 3. The van der Waals surface area contributed by atoms with Gasteiger partial charge in [0, 0.05) is 22.6 Å². The highest BCUT2D eigenvalue weighted by atomic mass is 79.9. The van der Waals surface area contributed by atoms with E-state index < -0.39 is 0 Å². The topological polar surface area (TPSA) is 29.3 Å². The molecule has 2 atom stereocenters. The molecule has 1 fully saturated rings. The van der Waals surface area contributed by atoms with Crippen molar-refractivity contribution >= 4 is 15.9 Å². The molecule has 0 saturated carbocycles. The summed E-state index contributed by atoms with van der Waals surface area (Å²) in [6.07, 6.45) is 1.12. The first kappa shape index (κ1) is 13.0. The Labute approximate surface area is 110 Å². The molecule has 1 saturated heterocycles. The van der Waals surface area contributed by atoms with Gasteiger partial charge in [0.2, 0.25) is 0 Å². The first-order valence-corrected chi connectivity index (χ1v) is 6.80. The van der Waals surface area contributed by atoms with Gasteiger partial charge < -0.3 is 5.73 Å². The third kappa shape index (κ3) is 2.87. The van der Waals surface area contributed by atoms with E-state index in [1.54, 1.807) is 0 Å². The quantitative estimate of drug-likeness (QED) is 0.930. The van der Waals surface area contributed by atoms with E-state index in [0.717, 1.165) is 36.1 Å². The van der Waals surface area contributed by atoms with Crippen molar-refractivity contribution in [1.29, 1.82) is 0 Å². The van der Waals surface area contributed by atoms with E-state index in [4.69, 9.17) is 5.73 Å². The second-order valence-electron chi connectivity index (χ2n) is 4.73. The van der Waals surface area contributed by atoms with Crippen molar-refractivity contribution in [2.45, 2.75) is 19.4 Å². The van der Waals surface area contributed by atoms with E-state index >= 15 is 0 Å². The normalized spacial score (nSPS) is 22.9. The number of hydrogen-bond donors (Lipinski definition) is 1. The fourth-order valence-corrected chi connectivity index (χ4v) is 2.78. The minimum Gasteiger partial charge on any atom is -0.330 e. The molecule has 1 aromatic rings. The maximum Gasteiger partial charge on any atom is 0.129 e. The molecule has 0 aromatic heterocycles. The Kier molecular flexibility index (Phi) is 4.17. The molecule has 94 valence electrons. The fraction of sp³-hybridized carbons (Fsp3) is 0.538. The van der Waals surface area contributed by atoms with Gasteiger partial charge in [-0.2, -0.15) is 0 Å². The van der Waals surface area contributed by atoms with E-state index in [2.05, 4.69) is 27.8 Å². The molecule has 2 unspecified atom stereocenters. The summed E-state index contributed by atoms with van der Waals surface area (Å²) in [7, 11) is 0. The molecule has 0 amide bonds. The number of benzene rings is 1. The maximum atomic E-state index is 13.9. The Hall–Kier alpha value is -0.450. The van der Waals surface area contributed by atoms with Gasteiger partial charge >= 0.3 is 0 Å². The summed E-state index contributed by atoms with van der Waals surface area (Å²) in [5.74, 6) is 0.430. The molecule has 1 aromatic carbocycles. The van der Waals surface area contributed by atoms with Gasteiger partial charge in [0.25, 0.3) is 0 Å². The molecule has 2 N–H and O–H groups in total. The van der Waals surface area contributed by atoms with Crippen molar-refractivity contribution < 1.29 is 4.39 Å². The van der Waals surface area contributed by atoms with E-state index in [9.17, 15) is 4.39 Å². The van der Waals surface area contributed by atoms with Crippen molar-refractivity contribution in [3.05, 3.63) is 34.1 Å². The van der Waals surface area contributed by atoms with E-state index in [1.165, 1.54) is 6.07 Å². The molecule has 0 bridgehead atoms. The molecule has 1 aliphatic heterocycles. The van der Waals surface area contributed by atoms with Crippen LogP contribution >= 0.6 is 15.9 Å². The summed E-state index contributed by atoms with van der Waals surface area (Å²) < 4.78 is 14.6. The highest BCUT2D eigenvalue weighted by Crippen LogP contribution is 2.29. The van der Waals surface area contributed by atoms with Crippen LogP contribution in [0.4, 0.5) is 4.39 Å². The van der Waals surface area contributed by atoms with Crippen LogP contribution in [0.15, 0.2) is 22.7 Å². The average Bonchev–Trinajstić information content (AvgIpc) is 2.76. The third-order valence-electron chi connectivity index (χ3n) is 3.61. The third-order valence-corrected chi connectivity index (χ3v) is 4.10. The Bertz CT molecular complexity index is 397. The summed E-state index contributed by atoms with van der Waals surface area (Å²) in [5.41, 5.74) is 6.45. The number of hydrogen-bond acceptors (Lipinski definition) is 2. The van der Waals surface area contributed by atoms with E-state index in [1.807, 2.05) is 12.1 Å². The molecule has 1 heterocycles. The van der Waals surface area contributed by atoms with E-state index in [0.29, 0.717) is 5.92 Å². The van der Waals surface area contributed by atoms with Crippen LogP contribution < -0.4 is 5.73 Å². The summed E-state index contributed by atoms with van der Waals surface area (Å²) in [6, 6.07) is 5.41. The largest absolute Gasteiger partial charge is 0.330 e. The molecule has 2 nitrogen and oxygen atoms in total. The predicted octanol–water partition coefficient (Wildman–Crippen LogP) is 2.93. The summed E-state index contributed by atoms with van der Waals surface area (Å²) in [5, 5.41) is 0. The van der Waals surface area contributed by atoms with Gasteiger partial charge in [-0.15, -0.1) is 0 Å². The van der Waals surface area contributed by atoms with Gasteiger partial charge in [0.1, 0.15) is 5.82 Å². The van der Waals surface area contributed by atoms with Crippen molar-refractivity contribution in [2.75, 3.05) is 19.6 Å². The van der Waals surface area contributed by atoms with Crippen molar-refractivity contribution in [2.24, 2.45) is 11.7 Å². The molecule has 0 spiro atoms. The van der Waals surface area contributed by atoms with Crippen molar-refractivity contribution in [3.8, 4) is 0 Å². The Balaban J connectivity index is 2.12. The van der Waals surface area contributed by atoms with E-state index in [-0.39, 0.29) is 11.9 Å². The molecule has 0 radical (unpaired) electrons. The van der Waals surface area contributed by atoms with Gasteiger partial charge in [-0.25, -0.2) is 4.39 Å². The Morgan fingerprint density at radius 2 is 2.35 bits per heavy atom. The molecule has 17 heavy (non-hydrogen) atoms. The Morgan fingerprint density at radius 3 is 2.94 bits per heavy atom. The lowest BCUT2D eigenvalue weighted by Crippen LogP contribution is -2.26. The van der Waals surface area contributed by atoms with Crippen LogP contribution in [-0.4, -0.2) is 24.5 Å². The molecule has 1 aliphatic rings. The molecular formula is C13H18BrFN2. The summed E-state index contributed by atoms with van der Waals surface area (Å²) in [6.45, 7) is 4.78. The molecule has 2 rings (SSSR count). The molecule has 0 aliphatic carbocycles. The standard InChI is InChI=1S/C13H18BrFN2/c1-9(17-5-4-10(7-16)8-17)12-3-2-11(14)6-13(12)15/h2-3,6,9-10H,4-5,7-8,16H2,1H3. The number of nitrogens with zero attached hydrogens (tertiary/aromatic N) is 1. The molecular weight excluding hydrogens is 283 g/mol. The van der Waals surface area contributed by atoms with Gasteiger partial charge in [-0.05, 0) is 44.5 Å². The predicted molar refractivity (Wildman–Crippen MR) is 71.2 cm³/mol. The second-order valence-corrected chi connectivity index (χ2v) is 5.64. The van der Waals surface area contributed by atoms with Gasteiger partial charge in [0.15, 0.2) is 0 Å². The van der Waals surface area contributed by atoms with Crippen LogP contribution in [0.25, 0.3) is 0 Å². The fourth-order valence-electron chi connectivity index (χ4n) is 2.44. The van der Waals surface area contributed by atoms with Gasteiger partial charge in [-0.3, -0.25) is 4.90 Å². The Morgan fingerprint density at radius 1 is 1.59 bits per heavy atom. The minimum atomic E-state index is -0.136. The zero-order chi connectivity index (χ0) is 12.4. The lowest BCUT2D eigenvalue weighted by atomic mass is 10.1. The number of halogens is 2. The number of likely N-dealkylation sites (tertiary alicyclic amines) is 1. The summed E-state index contributed by atoms with van der Waals surface area (Å²) in [4.78, 5) is 2.31. The highest BCUT2D eigenvalue weighted by Gasteiger charge is 2.27. The first-order chi connectivity index (χ1) is 8.11. The van der Waals surface area contributed by atoms with Crippen LogP contribution in [0.5, 0.6) is 0 Å². The van der Waals surface area contributed by atoms with Crippen LogP contribution in [0.2, 0.25) is 0 Å². The lowest BCUT2D eigenvalue weighted by molar-refractivity contribution is 0.248. The SMILES string of the molecule is CC(c1ccc(Br)cc1F)N1CCC(CN)C1. The zero-order valence-electron chi connectivity index (χ0n) is 10.00. The van der Waals surface area contributed by atoms with Crippen LogP contribution in [-0.2, 0) is 0 Å². The maximum absolute atomic E-state index is 13.9. The monoisotopic (exact) mass is 300 g/mol. The average molecular weight is 301 g/mol. The number of nitrogens with two attached hydrogens (primary N) is 1. The zero-order valence-corrected chi connectivity index (χ0v) is 11.6. The van der Waals surface area contributed by atoms with Gasteiger partial charge in [0.05, 0.1) is 0 Å². The summed E-state index contributed by atoms with van der Waals surface area (Å²) >= 11 is 3.28. The van der Waals surface area contributed by atoms with Gasteiger partial charge in [-0.1, -0.05) is 22.0 Å². The van der Waals surface area contributed by atoms with Crippen LogP contribution in [0.3, 0.4) is 0 Å². The van der Waals surface area contributed by atoms with Crippen molar-refractivity contribution in [3.63, 3.8) is 0 Å². The van der Waals surface area contributed by atoms with Crippen LogP contribution in [0.1, 0.15) is 24.9 Å². The smallest absolute Gasteiger partial charge is 0.129 e. The first-order valence-electron chi connectivity index (χ1n) is 6.01. The second kappa shape index (κ2) is 5.46. The highest BCUT2D eigenvalue weighted by molar-refractivity contribution is 9.10.